The average molecular weight is 333 g/mol. The van der Waals surface area contributed by atoms with Crippen molar-refractivity contribution in [2.45, 2.75) is 25.2 Å². The Morgan fingerprint density at radius 3 is 2.08 bits per heavy atom. The summed E-state index contributed by atoms with van der Waals surface area (Å²) in [5, 5.41) is 11.5. The summed E-state index contributed by atoms with van der Waals surface area (Å²) in [6, 6.07) is 12.0. The lowest BCUT2D eigenvalue weighted by Crippen LogP contribution is -2.26. The number of hydrogen-bond donors (Lipinski definition) is 2. The SMILES string of the molecule is O=C(CC(c1cccc(F)c1)c1cccc(F)c1)NCCCCO. The minimum absolute atomic E-state index is 0.0884. The van der Waals surface area contributed by atoms with Crippen LogP contribution in [0.2, 0.25) is 0 Å². The fraction of sp³-hybridized carbons (Fsp3) is 0.316. The summed E-state index contributed by atoms with van der Waals surface area (Å²) in [5.41, 5.74) is 1.26. The molecule has 2 rings (SSSR count). The van der Waals surface area contributed by atoms with Crippen LogP contribution >= 0.6 is 0 Å². The second kappa shape index (κ2) is 9.13. The molecule has 24 heavy (non-hydrogen) atoms. The number of aliphatic hydroxyl groups is 1. The molecule has 0 radical (unpaired) electrons. The smallest absolute Gasteiger partial charge is 0.220 e. The van der Waals surface area contributed by atoms with Crippen molar-refractivity contribution in [1.29, 1.82) is 0 Å². The normalized spacial score (nSPS) is 10.8. The summed E-state index contributed by atoms with van der Waals surface area (Å²) in [6.45, 7) is 0.559. The quantitative estimate of drug-likeness (QED) is 0.728. The number of rotatable bonds is 8. The van der Waals surface area contributed by atoms with E-state index >= 15 is 0 Å². The fourth-order valence-electron chi connectivity index (χ4n) is 2.60. The number of amides is 1. The van der Waals surface area contributed by atoms with Crippen LogP contribution in [-0.4, -0.2) is 24.2 Å². The zero-order valence-corrected chi connectivity index (χ0v) is 13.3. The fourth-order valence-corrected chi connectivity index (χ4v) is 2.60. The predicted octanol–water partition coefficient (Wildman–Crippen LogP) is 3.38. The lowest BCUT2D eigenvalue weighted by Gasteiger charge is -2.18. The maximum Gasteiger partial charge on any atom is 0.220 e. The van der Waals surface area contributed by atoms with Gasteiger partial charge in [-0.1, -0.05) is 24.3 Å². The minimum atomic E-state index is -0.422. The molecule has 5 heteroatoms. The molecule has 0 saturated heterocycles. The van der Waals surface area contributed by atoms with E-state index in [9.17, 15) is 13.6 Å². The standard InChI is InChI=1S/C19H21F2NO2/c20-16-7-3-5-14(11-16)18(15-6-4-8-17(21)12-15)13-19(24)22-9-1-2-10-23/h3-8,11-12,18,23H,1-2,9-10,13H2,(H,22,24). The van der Waals surface area contributed by atoms with Crippen molar-refractivity contribution in [2.75, 3.05) is 13.2 Å². The van der Waals surface area contributed by atoms with E-state index in [4.69, 9.17) is 5.11 Å². The van der Waals surface area contributed by atoms with Gasteiger partial charge in [-0.3, -0.25) is 4.79 Å². The lowest BCUT2D eigenvalue weighted by atomic mass is 9.88. The van der Waals surface area contributed by atoms with Crippen molar-refractivity contribution in [3.63, 3.8) is 0 Å². The van der Waals surface area contributed by atoms with E-state index < -0.39 is 17.6 Å². The third kappa shape index (κ3) is 5.42. The molecule has 0 heterocycles. The molecule has 0 aliphatic carbocycles. The zero-order valence-electron chi connectivity index (χ0n) is 13.3. The molecular formula is C19H21F2NO2. The van der Waals surface area contributed by atoms with Crippen LogP contribution in [0.15, 0.2) is 48.5 Å². The molecule has 0 atom stereocenters. The summed E-state index contributed by atoms with van der Waals surface area (Å²) in [4.78, 5) is 12.2. The van der Waals surface area contributed by atoms with Gasteiger partial charge in [0, 0.05) is 25.5 Å². The van der Waals surface area contributed by atoms with Crippen LogP contribution in [0.25, 0.3) is 0 Å². The van der Waals surface area contributed by atoms with E-state index in [0.717, 1.165) is 0 Å². The Balaban J connectivity index is 2.16. The highest BCUT2D eigenvalue weighted by atomic mass is 19.1. The molecule has 2 aromatic rings. The van der Waals surface area contributed by atoms with Crippen LogP contribution in [-0.2, 0) is 4.79 Å². The van der Waals surface area contributed by atoms with Crippen LogP contribution < -0.4 is 5.32 Å². The molecule has 0 aliphatic heterocycles. The Kier molecular flexibility index (Phi) is 6.88. The van der Waals surface area contributed by atoms with Gasteiger partial charge in [0.25, 0.3) is 0 Å². The first kappa shape index (κ1) is 18.1. The number of hydrogen-bond acceptors (Lipinski definition) is 2. The molecule has 0 aliphatic rings. The molecular weight excluding hydrogens is 312 g/mol. The van der Waals surface area contributed by atoms with Gasteiger partial charge in [-0.2, -0.15) is 0 Å². The van der Waals surface area contributed by atoms with Gasteiger partial charge in [0.15, 0.2) is 0 Å². The number of aliphatic hydroxyl groups excluding tert-OH is 1. The molecule has 3 nitrogen and oxygen atoms in total. The predicted molar refractivity (Wildman–Crippen MR) is 88.6 cm³/mol. The topological polar surface area (TPSA) is 49.3 Å². The third-order valence-corrected chi connectivity index (χ3v) is 3.80. The Bertz CT molecular complexity index is 630. The zero-order chi connectivity index (χ0) is 17.4. The summed E-state index contributed by atoms with van der Waals surface area (Å²) in [6.07, 6.45) is 1.41. The number of benzene rings is 2. The molecule has 0 spiro atoms. The van der Waals surface area contributed by atoms with E-state index in [-0.39, 0.29) is 18.9 Å². The molecule has 1 amide bonds. The van der Waals surface area contributed by atoms with Crippen LogP contribution in [0.4, 0.5) is 8.78 Å². The van der Waals surface area contributed by atoms with Gasteiger partial charge in [0.1, 0.15) is 11.6 Å². The highest BCUT2D eigenvalue weighted by Crippen LogP contribution is 2.29. The highest BCUT2D eigenvalue weighted by Gasteiger charge is 2.19. The Morgan fingerprint density at radius 2 is 1.58 bits per heavy atom. The first-order valence-corrected chi connectivity index (χ1v) is 7.98. The molecule has 0 bridgehead atoms. The first-order chi connectivity index (χ1) is 11.6. The largest absolute Gasteiger partial charge is 0.396 e. The van der Waals surface area contributed by atoms with Crippen LogP contribution in [0.5, 0.6) is 0 Å². The maximum atomic E-state index is 13.5. The number of nitrogens with one attached hydrogen (secondary N) is 1. The minimum Gasteiger partial charge on any atom is -0.396 e. The number of halogens is 2. The summed E-state index contributed by atoms with van der Waals surface area (Å²) in [5.74, 6) is -1.39. The molecule has 0 fully saturated rings. The van der Waals surface area contributed by atoms with Gasteiger partial charge >= 0.3 is 0 Å². The third-order valence-electron chi connectivity index (χ3n) is 3.80. The lowest BCUT2D eigenvalue weighted by molar-refractivity contribution is -0.121. The van der Waals surface area contributed by atoms with Crippen molar-refractivity contribution < 1.29 is 18.7 Å². The second-order valence-electron chi connectivity index (χ2n) is 5.65. The summed E-state index contributed by atoms with van der Waals surface area (Å²) >= 11 is 0. The summed E-state index contributed by atoms with van der Waals surface area (Å²) in [7, 11) is 0. The van der Waals surface area contributed by atoms with Crippen LogP contribution in [0, 0.1) is 11.6 Å². The number of unbranched alkanes of at least 4 members (excludes halogenated alkanes) is 1. The van der Waals surface area contributed by atoms with Gasteiger partial charge in [0.2, 0.25) is 5.91 Å². The van der Waals surface area contributed by atoms with Crippen LogP contribution in [0.1, 0.15) is 36.3 Å². The number of carbonyl (C=O) groups is 1. The molecule has 2 aromatic carbocycles. The molecule has 2 N–H and O–H groups in total. The van der Waals surface area contributed by atoms with Gasteiger partial charge < -0.3 is 10.4 Å². The van der Waals surface area contributed by atoms with Crippen molar-refractivity contribution in [2.24, 2.45) is 0 Å². The monoisotopic (exact) mass is 333 g/mol. The van der Waals surface area contributed by atoms with E-state index in [1.165, 1.54) is 24.3 Å². The van der Waals surface area contributed by atoms with Crippen molar-refractivity contribution >= 4 is 5.91 Å². The molecule has 0 unspecified atom stereocenters. The van der Waals surface area contributed by atoms with Crippen LogP contribution in [0.3, 0.4) is 0 Å². The van der Waals surface area contributed by atoms with Gasteiger partial charge in [-0.25, -0.2) is 8.78 Å². The molecule has 128 valence electrons. The summed E-state index contributed by atoms with van der Waals surface area (Å²) < 4.78 is 27.1. The Morgan fingerprint density at radius 1 is 1.00 bits per heavy atom. The average Bonchev–Trinajstić information content (AvgIpc) is 2.56. The van der Waals surface area contributed by atoms with E-state index in [1.54, 1.807) is 24.3 Å². The first-order valence-electron chi connectivity index (χ1n) is 7.98. The van der Waals surface area contributed by atoms with E-state index in [2.05, 4.69) is 5.32 Å². The number of carbonyl (C=O) groups excluding carboxylic acids is 1. The Hall–Kier alpha value is -2.27. The Labute approximate surface area is 140 Å². The van der Waals surface area contributed by atoms with Gasteiger partial charge in [-0.15, -0.1) is 0 Å². The van der Waals surface area contributed by atoms with E-state index in [1.807, 2.05) is 0 Å². The molecule has 0 aromatic heterocycles. The highest BCUT2D eigenvalue weighted by molar-refractivity contribution is 5.77. The second-order valence-corrected chi connectivity index (χ2v) is 5.65. The van der Waals surface area contributed by atoms with E-state index in [0.29, 0.717) is 30.5 Å². The van der Waals surface area contributed by atoms with Gasteiger partial charge in [0.05, 0.1) is 0 Å². The van der Waals surface area contributed by atoms with Crippen molar-refractivity contribution in [1.82, 2.24) is 5.32 Å². The van der Waals surface area contributed by atoms with Gasteiger partial charge in [-0.05, 0) is 48.2 Å². The van der Waals surface area contributed by atoms with Crippen molar-refractivity contribution in [3.8, 4) is 0 Å². The van der Waals surface area contributed by atoms with Crippen molar-refractivity contribution in [3.05, 3.63) is 71.3 Å². The maximum absolute atomic E-state index is 13.5. The molecule has 0 saturated carbocycles.